The fourth-order valence-corrected chi connectivity index (χ4v) is 2.17. The van der Waals surface area contributed by atoms with Crippen LogP contribution in [0, 0.1) is 5.82 Å². The highest BCUT2D eigenvalue weighted by Gasteiger charge is 2.06. The summed E-state index contributed by atoms with van der Waals surface area (Å²) in [5, 5.41) is 9.40. The van der Waals surface area contributed by atoms with Crippen LogP contribution in [0.2, 0.25) is 5.02 Å². The lowest BCUT2D eigenvalue weighted by Gasteiger charge is -2.09. The van der Waals surface area contributed by atoms with Gasteiger partial charge in [0, 0.05) is 10.5 Å². The number of rotatable bonds is 3. The minimum atomic E-state index is -0.468. The van der Waals surface area contributed by atoms with E-state index in [0.717, 1.165) is 4.47 Å². The van der Waals surface area contributed by atoms with Gasteiger partial charge >= 0.3 is 0 Å². The van der Waals surface area contributed by atoms with E-state index >= 15 is 0 Å². The molecule has 0 spiro atoms. The molecule has 2 rings (SSSR count). The van der Waals surface area contributed by atoms with Gasteiger partial charge in [-0.05, 0) is 35.9 Å². The van der Waals surface area contributed by atoms with Crippen LogP contribution in [-0.4, -0.2) is 5.11 Å². The van der Waals surface area contributed by atoms with Gasteiger partial charge in [-0.1, -0.05) is 27.5 Å². The van der Waals surface area contributed by atoms with E-state index in [4.69, 9.17) is 21.4 Å². The van der Waals surface area contributed by atoms with E-state index in [2.05, 4.69) is 15.9 Å². The largest absolute Gasteiger partial charge is 0.456 e. The molecule has 2 aromatic rings. The summed E-state index contributed by atoms with van der Waals surface area (Å²) in [5.74, 6) is 0.252. The third-order valence-corrected chi connectivity index (χ3v) is 3.02. The molecule has 0 heterocycles. The highest BCUT2D eigenvalue weighted by atomic mass is 79.9. The summed E-state index contributed by atoms with van der Waals surface area (Å²) in [7, 11) is 0. The Morgan fingerprint density at radius 3 is 2.67 bits per heavy atom. The molecule has 0 saturated carbocycles. The van der Waals surface area contributed by atoms with Crippen molar-refractivity contribution in [1.82, 2.24) is 0 Å². The quantitative estimate of drug-likeness (QED) is 0.895. The molecule has 0 unspecified atom stereocenters. The van der Waals surface area contributed by atoms with E-state index in [0.29, 0.717) is 22.1 Å². The first-order chi connectivity index (χ1) is 8.58. The molecule has 0 saturated heterocycles. The first kappa shape index (κ1) is 13.3. The Kier molecular flexibility index (Phi) is 4.22. The SMILES string of the molecule is OCc1cc(F)cc(Oc2ccc(Br)cc2Cl)c1. The molecule has 0 amide bonds. The molecule has 2 nitrogen and oxygen atoms in total. The Hall–Kier alpha value is -1.10. The van der Waals surface area contributed by atoms with Gasteiger partial charge in [-0.2, -0.15) is 0 Å². The molecule has 94 valence electrons. The third kappa shape index (κ3) is 3.22. The van der Waals surface area contributed by atoms with E-state index in [1.807, 2.05) is 0 Å². The molecule has 0 aliphatic carbocycles. The fraction of sp³-hybridized carbons (Fsp3) is 0.0769. The second-order valence-electron chi connectivity index (χ2n) is 3.63. The highest BCUT2D eigenvalue weighted by Crippen LogP contribution is 2.32. The van der Waals surface area contributed by atoms with Crippen LogP contribution < -0.4 is 4.74 Å². The number of ether oxygens (including phenoxy) is 1. The summed E-state index contributed by atoms with van der Waals surface area (Å²) in [6, 6.07) is 9.17. The Labute approximate surface area is 117 Å². The van der Waals surface area contributed by atoms with Gasteiger partial charge < -0.3 is 9.84 Å². The van der Waals surface area contributed by atoms with Crippen LogP contribution in [0.1, 0.15) is 5.56 Å². The maximum Gasteiger partial charge on any atom is 0.146 e. The fourth-order valence-electron chi connectivity index (χ4n) is 1.46. The van der Waals surface area contributed by atoms with Crippen molar-refractivity contribution in [2.24, 2.45) is 0 Å². The van der Waals surface area contributed by atoms with Crippen LogP contribution in [0.5, 0.6) is 11.5 Å². The summed E-state index contributed by atoms with van der Waals surface area (Å²) in [6.45, 7) is -0.248. The lowest BCUT2D eigenvalue weighted by atomic mass is 10.2. The van der Waals surface area contributed by atoms with Crippen molar-refractivity contribution in [3.63, 3.8) is 0 Å². The highest BCUT2D eigenvalue weighted by molar-refractivity contribution is 9.10. The van der Waals surface area contributed by atoms with Gasteiger partial charge in [0.25, 0.3) is 0 Å². The number of hydrogen-bond acceptors (Lipinski definition) is 2. The van der Waals surface area contributed by atoms with Gasteiger partial charge in [0.2, 0.25) is 0 Å². The average molecular weight is 332 g/mol. The molecule has 0 radical (unpaired) electrons. The topological polar surface area (TPSA) is 29.5 Å². The van der Waals surface area contributed by atoms with Crippen LogP contribution in [0.3, 0.4) is 0 Å². The van der Waals surface area contributed by atoms with Gasteiger partial charge in [-0.15, -0.1) is 0 Å². The molecule has 18 heavy (non-hydrogen) atoms. The van der Waals surface area contributed by atoms with Crippen molar-refractivity contribution in [2.45, 2.75) is 6.61 Å². The minimum Gasteiger partial charge on any atom is -0.456 e. The summed E-state index contributed by atoms with van der Waals surface area (Å²) >= 11 is 9.28. The van der Waals surface area contributed by atoms with Gasteiger partial charge in [-0.25, -0.2) is 4.39 Å². The Bertz CT molecular complexity index is 575. The normalized spacial score (nSPS) is 10.4. The van der Waals surface area contributed by atoms with E-state index in [1.165, 1.54) is 12.1 Å². The van der Waals surface area contributed by atoms with Crippen LogP contribution in [0.25, 0.3) is 0 Å². The van der Waals surface area contributed by atoms with E-state index in [1.54, 1.807) is 24.3 Å². The zero-order valence-electron chi connectivity index (χ0n) is 9.16. The van der Waals surface area contributed by atoms with Gasteiger partial charge in [0.1, 0.15) is 17.3 Å². The van der Waals surface area contributed by atoms with Crippen LogP contribution in [0.15, 0.2) is 40.9 Å². The first-order valence-electron chi connectivity index (χ1n) is 5.12. The molecule has 0 bridgehead atoms. The molecular weight excluding hydrogens is 322 g/mol. The number of aliphatic hydroxyl groups excluding tert-OH is 1. The first-order valence-corrected chi connectivity index (χ1v) is 6.29. The zero-order chi connectivity index (χ0) is 13.1. The molecule has 5 heteroatoms. The number of halogens is 3. The average Bonchev–Trinajstić information content (AvgIpc) is 2.32. The van der Waals surface area contributed by atoms with Gasteiger partial charge in [0.15, 0.2) is 0 Å². The summed E-state index contributed by atoms with van der Waals surface area (Å²) in [5.41, 5.74) is 0.443. The number of hydrogen-bond donors (Lipinski definition) is 1. The Morgan fingerprint density at radius 2 is 2.00 bits per heavy atom. The molecular formula is C13H9BrClFO2. The number of aliphatic hydroxyl groups is 1. The minimum absolute atomic E-state index is 0.248. The van der Waals surface area contributed by atoms with Crippen LogP contribution >= 0.6 is 27.5 Å². The molecule has 0 fully saturated rings. The molecule has 2 aromatic carbocycles. The molecule has 1 N–H and O–H groups in total. The van der Waals surface area contributed by atoms with Crippen molar-refractivity contribution in [2.75, 3.05) is 0 Å². The smallest absolute Gasteiger partial charge is 0.146 e. The van der Waals surface area contributed by atoms with Crippen molar-refractivity contribution < 1.29 is 14.2 Å². The van der Waals surface area contributed by atoms with E-state index in [-0.39, 0.29) is 6.61 Å². The second-order valence-corrected chi connectivity index (χ2v) is 4.95. The second kappa shape index (κ2) is 5.69. The lowest BCUT2D eigenvalue weighted by Crippen LogP contribution is -1.90. The van der Waals surface area contributed by atoms with Crippen molar-refractivity contribution in [3.8, 4) is 11.5 Å². The third-order valence-electron chi connectivity index (χ3n) is 2.24. The summed E-state index contributed by atoms with van der Waals surface area (Å²) in [6.07, 6.45) is 0. The summed E-state index contributed by atoms with van der Waals surface area (Å²) in [4.78, 5) is 0. The van der Waals surface area contributed by atoms with E-state index in [9.17, 15) is 4.39 Å². The molecule has 0 aliphatic rings. The summed E-state index contributed by atoms with van der Waals surface area (Å²) < 4.78 is 19.6. The van der Waals surface area contributed by atoms with Crippen molar-refractivity contribution in [3.05, 3.63) is 57.3 Å². The van der Waals surface area contributed by atoms with Crippen molar-refractivity contribution >= 4 is 27.5 Å². The van der Waals surface area contributed by atoms with Crippen LogP contribution in [-0.2, 0) is 6.61 Å². The molecule has 0 aliphatic heterocycles. The van der Waals surface area contributed by atoms with Gasteiger partial charge in [0.05, 0.1) is 11.6 Å². The zero-order valence-corrected chi connectivity index (χ0v) is 11.5. The van der Waals surface area contributed by atoms with Crippen LogP contribution in [0.4, 0.5) is 4.39 Å². The Balaban J connectivity index is 2.30. The molecule has 0 atom stereocenters. The van der Waals surface area contributed by atoms with E-state index < -0.39 is 5.82 Å². The number of benzene rings is 2. The Morgan fingerprint density at radius 1 is 1.22 bits per heavy atom. The predicted octanol–water partition coefficient (Wildman–Crippen LogP) is 4.53. The monoisotopic (exact) mass is 330 g/mol. The standard InChI is InChI=1S/C13H9BrClFO2/c14-9-1-2-13(12(15)5-9)18-11-4-8(7-17)3-10(16)6-11/h1-6,17H,7H2. The lowest BCUT2D eigenvalue weighted by molar-refractivity contribution is 0.280. The van der Waals surface area contributed by atoms with Crippen molar-refractivity contribution in [1.29, 1.82) is 0 Å². The maximum absolute atomic E-state index is 13.3. The van der Waals surface area contributed by atoms with Gasteiger partial charge in [-0.3, -0.25) is 0 Å². The maximum atomic E-state index is 13.3. The molecule has 0 aromatic heterocycles. The predicted molar refractivity (Wildman–Crippen MR) is 71.5 cm³/mol.